The van der Waals surface area contributed by atoms with Crippen LogP contribution < -0.4 is 14.8 Å². The summed E-state index contributed by atoms with van der Waals surface area (Å²) in [5, 5.41) is 3.42. The molecular formula is C22H23ClFN3O4. The number of hydrogen-bond acceptors (Lipinski definition) is 7. The number of esters is 1. The van der Waals surface area contributed by atoms with Crippen molar-refractivity contribution in [3.63, 3.8) is 0 Å². The van der Waals surface area contributed by atoms with Crippen LogP contribution in [0.3, 0.4) is 0 Å². The second-order valence-corrected chi connectivity index (χ2v) is 8.15. The zero-order valence-electron chi connectivity index (χ0n) is 17.7. The number of anilines is 2. The molecule has 0 saturated heterocycles. The van der Waals surface area contributed by atoms with Gasteiger partial charge in [0.25, 0.3) is 0 Å². The minimum Gasteiger partial charge on any atom is -0.487 e. The number of rotatable bonds is 7. The average molecular weight is 448 g/mol. The average Bonchev–Trinajstić information content (AvgIpc) is 2.71. The van der Waals surface area contributed by atoms with E-state index in [1.165, 1.54) is 18.5 Å². The van der Waals surface area contributed by atoms with Crippen molar-refractivity contribution in [3.8, 4) is 11.5 Å². The van der Waals surface area contributed by atoms with Gasteiger partial charge in [-0.25, -0.2) is 14.4 Å². The summed E-state index contributed by atoms with van der Waals surface area (Å²) >= 11 is 5.87. The van der Waals surface area contributed by atoms with Gasteiger partial charge in [0.1, 0.15) is 18.8 Å². The SMILES string of the molecule is COCCOc1cc2ncnc(Nc3cccc(Cl)c3F)c2cc1OC(=O)C(C)(C)C. The zero-order valence-corrected chi connectivity index (χ0v) is 18.4. The van der Waals surface area contributed by atoms with Crippen molar-refractivity contribution in [2.75, 3.05) is 25.6 Å². The Morgan fingerprint density at radius 1 is 1.16 bits per heavy atom. The molecule has 0 atom stereocenters. The van der Waals surface area contributed by atoms with Crippen LogP contribution in [-0.4, -0.2) is 36.3 Å². The van der Waals surface area contributed by atoms with Crippen LogP contribution in [0.1, 0.15) is 20.8 Å². The number of methoxy groups -OCH3 is 1. The summed E-state index contributed by atoms with van der Waals surface area (Å²) in [6.07, 6.45) is 1.34. The summed E-state index contributed by atoms with van der Waals surface area (Å²) < 4.78 is 30.7. The minimum absolute atomic E-state index is 0.0167. The summed E-state index contributed by atoms with van der Waals surface area (Å²) in [6.45, 7) is 5.86. The Morgan fingerprint density at radius 3 is 2.65 bits per heavy atom. The zero-order chi connectivity index (χ0) is 22.6. The van der Waals surface area contributed by atoms with Crippen molar-refractivity contribution >= 4 is 40.0 Å². The molecule has 0 bridgehead atoms. The molecule has 0 aliphatic carbocycles. The molecule has 0 amide bonds. The van der Waals surface area contributed by atoms with Crippen LogP contribution in [-0.2, 0) is 9.53 Å². The third-order valence-electron chi connectivity index (χ3n) is 4.27. The maximum absolute atomic E-state index is 14.4. The lowest BCUT2D eigenvalue weighted by Crippen LogP contribution is -2.25. The standard InChI is InChI=1S/C22H23ClFN3O4/c1-22(2,3)21(28)31-18-10-13-16(11-17(18)30-9-8-29-4)25-12-26-20(13)27-15-7-5-6-14(23)19(15)24/h5-7,10-12H,8-9H2,1-4H3,(H,25,26,27). The topological polar surface area (TPSA) is 82.6 Å². The van der Waals surface area contributed by atoms with Crippen molar-refractivity contribution in [3.05, 3.63) is 47.5 Å². The molecule has 0 aliphatic rings. The highest BCUT2D eigenvalue weighted by molar-refractivity contribution is 6.31. The number of fused-ring (bicyclic) bond motifs is 1. The Morgan fingerprint density at radius 2 is 1.94 bits per heavy atom. The summed E-state index contributed by atoms with van der Waals surface area (Å²) in [4.78, 5) is 21.0. The number of nitrogens with zero attached hydrogens (tertiary/aromatic N) is 2. The van der Waals surface area contributed by atoms with Gasteiger partial charge in [0.2, 0.25) is 0 Å². The van der Waals surface area contributed by atoms with Crippen LogP contribution >= 0.6 is 11.6 Å². The van der Waals surface area contributed by atoms with E-state index < -0.39 is 17.2 Å². The first-order valence-electron chi connectivity index (χ1n) is 9.54. The lowest BCUT2D eigenvalue weighted by molar-refractivity contribution is -0.143. The van der Waals surface area contributed by atoms with Crippen LogP contribution in [0.5, 0.6) is 11.5 Å². The Kier molecular flexibility index (Phi) is 6.92. The molecular weight excluding hydrogens is 425 g/mol. The van der Waals surface area contributed by atoms with Gasteiger partial charge in [-0.2, -0.15) is 0 Å². The van der Waals surface area contributed by atoms with Gasteiger partial charge < -0.3 is 19.5 Å². The van der Waals surface area contributed by atoms with Gasteiger partial charge in [0, 0.05) is 18.6 Å². The lowest BCUT2D eigenvalue weighted by atomic mass is 9.97. The molecule has 1 N–H and O–H groups in total. The molecule has 31 heavy (non-hydrogen) atoms. The quantitative estimate of drug-likeness (QED) is 0.305. The van der Waals surface area contributed by atoms with Gasteiger partial charge in [-0.3, -0.25) is 4.79 Å². The van der Waals surface area contributed by atoms with Crippen molar-refractivity contribution in [2.45, 2.75) is 20.8 Å². The van der Waals surface area contributed by atoms with Gasteiger partial charge in [-0.1, -0.05) is 17.7 Å². The number of benzene rings is 2. The summed E-state index contributed by atoms with van der Waals surface area (Å²) in [7, 11) is 1.56. The Bertz CT molecular complexity index is 1100. The highest BCUT2D eigenvalue weighted by atomic mass is 35.5. The normalized spacial score (nSPS) is 11.4. The molecule has 0 fully saturated rings. The summed E-state index contributed by atoms with van der Waals surface area (Å²) in [5.41, 5.74) is -0.0548. The fourth-order valence-electron chi connectivity index (χ4n) is 2.57. The largest absolute Gasteiger partial charge is 0.487 e. The van der Waals surface area contributed by atoms with Crippen LogP contribution in [0.15, 0.2) is 36.7 Å². The number of aromatic nitrogens is 2. The van der Waals surface area contributed by atoms with E-state index in [1.54, 1.807) is 46.1 Å². The fourth-order valence-corrected chi connectivity index (χ4v) is 2.75. The predicted octanol–water partition coefficient (Wildman–Crippen LogP) is 5.14. The summed E-state index contributed by atoms with van der Waals surface area (Å²) in [5.74, 6) is -0.179. The molecule has 0 aliphatic heterocycles. The Balaban J connectivity index is 2.06. The van der Waals surface area contributed by atoms with Crippen LogP contribution in [0.2, 0.25) is 5.02 Å². The van der Waals surface area contributed by atoms with E-state index in [9.17, 15) is 9.18 Å². The summed E-state index contributed by atoms with van der Waals surface area (Å²) in [6, 6.07) is 7.84. The number of carbonyl (C=O) groups excluding carboxylic acids is 1. The molecule has 7 nitrogen and oxygen atoms in total. The predicted molar refractivity (Wildman–Crippen MR) is 117 cm³/mol. The van der Waals surface area contributed by atoms with Gasteiger partial charge in [-0.15, -0.1) is 0 Å². The molecule has 1 aromatic heterocycles. The molecule has 164 valence electrons. The van der Waals surface area contributed by atoms with Crippen molar-refractivity contribution in [2.24, 2.45) is 5.41 Å². The molecule has 0 spiro atoms. The third-order valence-corrected chi connectivity index (χ3v) is 4.56. The Hall–Kier alpha value is -2.97. The molecule has 0 unspecified atom stereocenters. The Labute approximate surface area is 184 Å². The molecule has 1 heterocycles. The van der Waals surface area contributed by atoms with E-state index >= 15 is 0 Å². The highest BCUT2D eigenvalue weighted by Crippen LogP contribution is 2.36. The van der Waals surface area contributed by atoms with Crippen molar-refractivity contribution in [1.29, 1.82) is 0 Å². The second-order valence-electron chi connectivity index (χ2n) is 7.75. The molecule has 3 aromatic rings. The maximum Gasteiger partial charge on any atom is 0.316 e. The molecule has 9 heteroatoms. The van der Waals surface area contributed by atoms with Gasteiger partial charge in [-0.05, 0) is 39.0 Å². The van der Waals surface area contributed by atoms with Gasteiger partial charge >= 0.3 is 5.97 Å². The first-order chi connectivity index (χ1) is 14.7. The van der Waals surface area contributed by atoms with Crippen LogP contribution in [0.25, 0.3) is 10.9 Å². The van der Waals surface area contributed by atoms with Gasteiger partial charge in [0.15, 0.2) is 17.3 Å². The third kappa shape index (κ3) is 5.39. The molecule has 0 saturated carbocycles. The molecule has 2 aromatic carbocycles. The number of carbonyl (C=O) groups is 1. The number of nitrogens with one attached hydrogen (secondary N) is 1. The van der Waals surface area contributed by atoms with E-state index in [0.29, 0.717) is 29.1 Å². The molecule has 3 rings (SSSR count). The highest BCUT2D eigenvalue weighted by Gasteiger charge is 2.26. The van der Waals surface area contributed by atoms with E-state index in [1.807, 2.05) is 0 Å². The van der Waals surface area contributed by atoms with Gasteiger partial charge in [0.05, 0.1) is 28.2 Å². The van der Waals surface area contributed by atoms with Crippen molar-refractivity contribution in [1.82, 2.24) is 9.97 Å². The number of hydrogen-bond donors (Lipinski definition) is 1. The smallest absolute Gasteiger partial charge is 0.316 e. The first-order valence-corrected chi connectivity index (χ1v) is 9.92. The monoisotopic (exact) mass is 447 g/mol. The molecule has 0 radical (unpaired) electrons. The van der Waals surface area contributed by atoms with Crippen LogP contribution in [0.4, 0.5) is 15.9 Å². The van der Waals surface area contributed by atoms with Crippen LogP contribution in [0, 0.1) is 11.2 Å². The van der Waals surface area contributed by atoms with Crippen molar-refractivity contribution < 1.29 is 23.4 Å². The lowest BCUT2D eigenvalue weighted by Gasteiger charge is -2.19. The van der Waals surface area contributed by atoms with E-state index in [4.69, 9.17) is 25.8 Å². The number of halogens is 2. The minimum atomic E-state index is -0.725. The van der Waals surface area contributed by atoms with E-state index in [2.05, 4.69) is 15.3 Å². The van der Waals surface area contributed by atoms with E-state index in [-0.39, 0.29) is 23.1 Å². The maximum atomic E-state index is 14.4. The second kappa shape index (κ2) is 9.45. The first kappa shape index (κ1) is 22.7. The van der Waals surface area contributed by atoms with E-state index in [0.717, 1.165) is 0 Å². The number of ether oxygens (including phenoxy) is 3. The fraction of sp³-hybridized carbons (Fsp3) is 0.318.